The van der Waals surface area contributed by atoms with Crippen LogP contribution in [0.3, 0.4) is 0 Å². The number of aromatic nitrogens is 1. The van der Waals surface area contributed by atoms with E-state index in [2.05, 4.69) is 10.4 Å². The number of thioether (sulfide) groups is 1. The van der Waals surface area contributed by atoms with Crippen LogP contribution in [0.2, 0.25) is 0 Å². The molecule has 122 valence electrons. The van der Waals surface area contributed by atoms with Crippen molar-refractivity contribution in [2.24, 2.45) is 0 Å². The minimum Gasteiger partial charge on any atom is -0.391 e. The van der Waals surface area contributed by atoms with Crippen molar-refractivity contribution in [3.05, 3.63) is 45.9 Å². The van der Waals surface area contributed by atoms with Gasteiger partial charge in [0.1, 0.15) is 0 Å². The van der Waals surface area contributed by atoms with Gasteiger partial charge in [-0.05, 0) is 31.9 Å². The third-order valence-electron chi connectivity index (χ3n) is 3.84. The molecule has 0 radical (unpaired) electrons. The highest BCUT2D eigenvalue weighted by atomic mass is 32.2. The quantitative estimate of drug-likeness (QED) is 0.861. The van der Waals surface area contributed by atoms with E-state index in [9.17, 15) is 9.90 Å². The molecule has 1 aliphatic rings. The zero-order valence-corrected chi connectivity index (χ0v) is 14.7. The minimum absolute atomic E-state index is 0.0151. The molecule has 4 nitrogen and oxygen atoms in total. The summed E-state index contributed by atoms with van der Waals surface area (Å²) < 4.78 is 0. The summed E-state index contributed by atoms with van der Waals surface area (Å²) in [7, 11) is 0. The third kappa shape index (κ3) is 4.13. The van der Waals surface area contributed by atoms with E-state index in [4.69, 9.17) is 0 Å². The number of benzene rings is 1. The zero-order chi connectivity index (χ0) is 16.2. The Bertz CT molecular complexity index is 687. The van der Waals surface area contributed by atoms with Crippen LogP contribution in [0.4, 0.5) is 0 Å². The van der Waals surface area contributed by atoms with E-state index in [0.29, 0.717) is 6.54 Å². The Balaban J connectivity index is 1.73. The molecule has 1 fully saturated rings. The number of nitrogens with zero attached hydrogens (tertiary/aromatic N) is 2. The minimum atomic E-state index is -0.398. The van der Waals surface area contributed by atoms with Gasteiger partial charge < -0.3 is 10.0 Å². The predicted octanol–water partition coefficient (Wildman–Crippen LogP) is 3.34. The molecular formula is C17H20N2O2S2. The van der Waals surface area contributed by atoms with E-state index in [1.54, 1.807) is 28.0 Å². The van der Waals surface area contributed by atoms with E-state index >= 15 is 0 Å². The number of carbonyl (C=O) groups is 1. The summed E-state index contributed by atoms with van der Waals surface area (Å²) in [4.78, 5) is 20.0. The van der Waals surface area contributed by atoms with Gasteiger partial charge in [-0.15, -0.1) is 23.1 Å². The van der Waals surface area contributed by atoms with Crippen LogP contribution in [-0.2, 0) is 5.75 Å². The largest absolute Gasteiger partial charge is 0.391 e. The first-order chi connectivity index (χ1) is 11.1. The van der Waals surface area contributed by atoms with Crippen LogP contribution in [0.5, 0.6) is 0 Å². The van der Waals surface area contributed by atoms with Gasteiger partial charge in [-0.25, -0.2) is 4.98 Å². The molecule has 1 N–H and O–H groups in total. The molecule has 1 unspecified atom stereocenters. The van der Waals surface area contributed by atoms with Crippen molar-refractivity contribution in [2.75, 3.05) is 13.1 Å². The lowest BCUT2D eigenvalue weighted by molar-refractivity contribution is 0.0471. The highest BCUT2D eigenvalue weighted by Crippen LogP contribution is 2.28. The average Bonchev–Trinajstić information content (AvgIpc) is 2.98. The maximum Gasteiger partial charge on any atom is 0.255 e. The Morgan fingerprint density at radius 2 is 2.30 bits per heavy atom. The van der Waals surface area contributed by atoms with E-state index in [0.717, 1.165) is 46.3 Å². The number of thiazole rings is 1. The van der Waals surface area contributed by atoms with Gasteiger partial charge >= 0.3 is 0 Å². The first kappa shape index (κ1) is 16.5. The summed E-state index contributed by atoms with van der Waals surface area (Å²) >= 11 is 3.29. The molecule has 1 aliphatic heterocycles. The number of rotatable bonds is 4. The fourth-order valence-electron chi connectivity index (χ4n) is 2.70. The summed E-state index contributed by atoms with van der Waals surface area (Å²) in [5, 5.41) is 12.9. The van der Waals surface area contributed by atoms with E-state index < -0.39 is 6.10 Å². The van der Waals surface area contributed by atoms with Gasteiger partial charge in [-0.1, -0.05) is 12.1 Å². The number of likely N-dealkylation sites (tertiary alicyclic amines) is 1. The van der Waals surface area contributed by atoms with Crippen molar-refractivity contribution in [3.8, 4) is 0 Å². The number of carbonyl (C=O) groups excluding carboxylic acids is 1. The third-order valence-corrected chi connectivity index (χ3v) is 5.77. The van der Waals surface area contributed by atoms with Crippen molar-refractivity contribution in [3.63, 3.8) is 0 Å². The molecule has 1 aromatic heterocycles. The monoisotopic (exact) mass is 348 g/mol. The molecule has 2 aromatic rings. The molecule has 1 aromatic carbocycles. The van der Waals surface area contributed by atoms with Crippen molar-refractivity contribution >= 4 is 29.0 Å². The molecule has 0 bridgehead atoms. The fraction of sp³-hybridized carbons (Fsp3) is 0.412. The summed E-state index contributed by atoms with van der Waals surface area (Å²) in [5.74, 6) is 0.776. The Kier molecular flexibility index (Phi) is 5.35. The van der Waals surface area contributed by atoms with E-state index in [1.807, 2.05) is 31.2 Å². The number of aryl methyl sites for hydroxylation is 1. The molecule has 1 saturated heterocycles. The number of hydrogen-bond donors (Lipinski definition) is 1. The van der Waals surface area contributed by atoms with Gasteiger partial charge in [0.25, 0.3) is 5.91 Å². The Morgan fingerprint density at radius 1 is 1.48 bits per heavy atom. The van der Waals surface area contributed by atoms with E-state index in [-0.39, 0.29) is 5.91 Å². The van der Waals surface area contributed by atoms with Crippen LogP contribution in [0, 0.1) is 6.92 Å². The zero-order valence-electron chi connectivity index (χ0n) is 13.1. The van der Waals surface area contributed by atoms with Crippen LogP contribution >= 0.6 is 23.1 Å². The van der Waals surface area contributed by atoms with Crippen LogP contribution in [-0.4, -0.2) is 40.1 Å². The lowest BCUT2D eigenvalue weighted by Gasteiger charge is -2.30. The molecule has 0 saturated carbocycles. The van der Waals surface area contributed by atoms with Crippen LogP contribution < -0.4 is 0 Å². The van der Waals surface area contributed by atoms with Crippen molar-refractivity contribution in [1.82, 2.24) is 9.88 Å². The maximum absolute atomic E-state index is 12.8. The smallest absolute Gasteiger partial charge is 0.255 e. The lowest BCUT2D eigenvalue weighted by atomic mass is 10.1. The molecule has 2 heterocycles. The lowest BCUT2D eigenvalue weighted by Crippen LogP contribution is -2.42. The van der Waals surface area contributed by atoms with Gasteiger partial charge in [0.15, 0.2) is 0 Å². The Morgan fingerprint density at radius 3 is 3.04 bits per heavy atom. The van der Waals surface area contributed by atoms with Crippen molar-refractivity contribution in [2.45, 2.75) is 36.5 Å². The number of hydrogen-bond acceptors (Lipinski definition) is 5. The van der Waals surface area contributed by atoms with Crippen LogP contribution in [0.15, 0.2) is 34.5 Å². The molecule has 3 rings (SSSR count). The number of aliphatic hydroxyl groups excluding tert-OH is 1. The molecule has 1 atom stereocenters. The normalized spacial score (nSPS) is 18.2. The SMILES string of the molecule is Cc1nc(CSc2ccccc2C(=O)N2CCCC(O)C2)cs1. The average molecular weight is 348 g/mol. The Hall–Kier alpha value is -1.37. The second-order valence-electron chi connectivity index (χ2n) is 5.69. The van der Waals surface area contributed by atoms with Crippen LogP contribution in [0.1, 0.15) is 33.9 Å². The first-order valence-electron chi connectivity index (χ1n) is 7.73. The Labute approximate surface area is 144 Å². The summed E-state index contributed by atoms with van der Waals surface area (Å²) in [6.07, 6.45) is 1.24. The summed E-state index contributed by atoms with van der Waals surface area (Å²) in [5.41, 5.74) is 1.77. The topological polar surface area (TPSA) is 53.4 Å². The van der Waals surface area contributed by atoms with Gasteiger partial charge in [-0.3, -0.25) is 4.79 Å². The number of amides is 1. The standard InChI is InChI=1S/C17H20N2O2S2/c1-12-18-13(10-22-12)11-23-16-7-3-2-6-15(16)17(21)19-8-4-5-14(20)9-19/h2-3,6-7,10,14,20H,4-5,8-9,11H2,1H3. The number of β-amino-alcohol motifs (C(OH)–C–C–N with tert-alkyl or cyclic N) is 1. The molecule has 0 spiro atoms. The molecular weight excluding hydrogens is 328 g/mol. The highest BCUT2D eigenvalue weighted by molar-refractivity contribution is 7.98. The second kappa shape index (κ2) is 7.47. The molecule has 1 amide bonds. The first-order valence-corrected chi connectivity index (χ1v) is 9.60. The van der Waals surface area contributed by atoms with Gasteiger partial charge in [-0.2, -0.15) is 0 Å². The van der Waals surface area contributed by atoms with Crippen molar-refractivity contribution in [1.29, 1.82) is 0 Å². The van der Waals surface area contributed by atoms with Gasteiger partial charge in [0.2, 0.25) is 0 Å². The fourth-order valence-corrected chi connectivity index (χ4v) is 4.36. The number of piperidine rings is 1. The van der Waals surface area contributed by atoms with Gasteiger partial charge in [0.05, 0.1) is 22.4 Å². The maximum atomic E-state index is 12.8. The summed E-state index contributed by atoms with van der Waals surface area (Å²) in [6.45, 7) is 3.15. The van der Waals surface area contributed by atoms with Gasteiger partial charge in [0, 0.05) is 29.1 Å². The predicted molar refractivity (Wildman–Crippen MR) is 94.0 cm³/mol. The summed E-state index contributed by atoms with van der Waals surface area (Å²) in [6, 6.07) is 7.70. The molecule has 0 aliphatic carbocycles. The van der Waals surface area contributed by atoms with Crippen LogP contribution in [0.25, 0.3) is 0 Å². The molecule has 6 heteroatoms. The van der Waals surface area contributed by atoms with E-state index in [1.165, 1.54) is 0 Å². The number of aliphatic hydroxyl groups is 1. The highest BCUT2D eigenvalue weighted by Gasteiger charge is 2.24. The second-order valence-corrected chi connectivity index (χ2v) is 7.77. The molecule has 23 heavy (non-hydrogen) atoms. The van der Waals surface area contributed by atoms with Crippen molar-refractivity contribution < 1.29 is 9.90 Å².